The standard InChI is InChI=1S/C16H20BNO4S.C2H7N/c1-15(2)16(3,4)22-17(21-15)12-6-11-10(8-19)9-20-14(11)7-13(12)18(5)23;1-3-2/h6-9,23H,1-5H3;3H,1-2H3. The van der Waals surface area contributed by atoms with E-state index in [9.17, 15) is 4.79 Å². The summed E-state index contributed by atoms with van der Waals surface area (Å²) in [6.45, 7) is 8.02. The number of benzene rings is 1. The quantitative estimate of drug-likeness (QED) is 0.487. The lowest BCUT2D eigenvalue weighted by Crippen LogP contribution is -2.41. The zero-order chi connectivity index (χ0) is 19.7. The fraction of sp³-hybridized carbons (Fsp3) is 0.500. The van der Waals surface area contributed by atoms with Crippen molar-refractivity contribution in [3.05, 3.63) is 24.0 Å². The summed E-state index contributed by atoms with van der Waals surface area (Å²) in [6.07, 6.45) is 2.23. The maximum Gasteiger partial charge on any atom is 0.497 e. The van der Waals surface area contributed by atoms with Gasteiger partial charge in [0.05, 0.1) is 16.8 Å². The number of carbonyl (C=O) groups excluding carboxylic acids is 1. The summed E-state index contributed by atoms with van der Waals surface area (Å²) in [4.78, 5) is 11.2. The first-order valence-electron chi connectivity index (χ1n) is 8.45. The first-order valence-corrected chi connectivity index (χ1v) is 8.85. The first kappa shape index (κ1) is 20.8. The molecular weight excluding hydrogens is 351 g/mol. The van der Waals surface area contributed by atoms with Crippen LogP contribution in [-0.4, -0.2) is 45.7 Å². The van der Waals surface area contributed by atoms with Crippen molar-refractivity contribution >= 4 is 48.3 Å². The van der Waals surface area contributed by atoms with Gasteiger partial charge in [0.1, 0.15) is 11.8 Å². The number of hydrogen-bond donors (Lipinski definition) is 2. The minimum atomic E-state index is -0.539. The highest BCUT2D eigenvalue weighted by Crippen LogP contribution is 2.38. The SMILES string of the molecule is CN(S)c1cc2occ(C=O)c2cc1B1OC(C)(C)C(C)(C)O1.CNC. The lowest BCUT2D eigenvalue weighted by atomic mass is 9.77. The molecule has 0 unspecified atom stereocenters. The summed E-state index contributed by atoms with van der Waals surface area (Å²) in [5.74, 6) is 0. The average molecular weight is 378 g/mol. The van der Waals surface area contributed by atoms with Crippen LogP contribution in [0.2, 0.25) is 0 Å². The predicted molar refractivity (Wildman–Crippen MR) is 110 cm³/mol. The highest BCUT2D eigenvalue weighted by atomic mass is 32.1. The number of nitrogens with one attached hydrogen (secondary N) is 1. The van der Waals surface area contributed by atoms with E-state index in [1.807, 2.05) is 61.0 Å². The number of nitrogens with zero attached hydrogens (tertiary/aromatic N) is 1. The van der Waals surface area contributed by atoms with Gasteiger partial charge in [-0.05, 0) is 47.9 Å². The molecule has 26 heavy (non-hydrogen) atoms. The largest absolute Gasteiger partial charge is 0.497 e. The smallest absolute Gasteiger partial charge is 0.463 e. The zero-order valence-corrected chi connectivity index (χ0v) is 17.3. The van der Waals surface area contributed by atoms with Crippen molar-refractivity contribution in [2.75, 3.05) is 25.4 Å². The van der Waals surface area contributed by atoms with Gasteiger partial charge in [0.15, 0.2) is 6.29 Å². The Kier molecular flexibility index (Phi) is 6.12. The molecule has 1 fully saturated rings. The number of aldehydes is 1. The van der Waals surface area contributed by atoms with Crippen LogP contribution in [0.4, 0.5) is 5.69 Å². The Bertz CT molecular complexity index is 773. The lowest BCUT2D eigenvalue weighted by Gasteiger charge is -2.32. The molecule has 0 amide bonds. The Morgan fingerprint density at radius 2 is 1.69 bits per heavy atom. The van der Waals surface area contributed by atoms with E-state index in [-0.39, 0.29) is 0 Å². The van der Waals surface area contributed by atoms with Crippen molar-refractivity contribution in [1.29, 1.82) is 0 Å². The van der Waals surface area contributed by atoms with Crippen LogP contribution < -0.4 is 15.1 Å². The Morgan fingerprint density at radius 1 is 1.15 bits per heavy atom. The van der Waals surface area contributed by atoms with Crippen molar-refractivity contribution in [3.63, 3.8) is 0 Å². The van der Waals surface area contributed by atoms with E-state index in [1.54, 1.807) is 4.31 Å². The highest BCUT2D eigenvalue weighted by Gasteiger charge is 2.52. The number of rotatable bonds is 3. The van der Waals surface area contributed by atoms with Crippen molar-refractivity contribution in [2.45, 2.75) is 38.9 Å². The number of thiol groups is 1. The molecule has 0 aliphatic carbocycles. The Labute approximate surface area is 160 Å². The van der Waals surface area contributed by atoms with E-state index in [1.165, 1.54) is 6.26 Å². The van der Waals surface area contributed by atoms with Gasteiger partial charge in [-0.15, -0.1) is 0 Å². The molecule has 1 aliphatic rings. The van der Waals surface area contributed by atoms with Gasteiger partial charge in [0, 0.05) is 29.7 Å². The topological polar surface area (TPSA) is 63.9 Å². The van der Waals surface area contributed by atoms with E-state index in [2.05, 4.69) is 18.1 Å². The van der Waals surface area contributed by atoms with Gasteiger partial charge < -0.3 is 23.3 Å². The molecule has 1 saturated heterocycles. The van der Waals surface area contributed by atoms with Crippen LogP contribution in [-0.2, 0) is 9.31 Å². The van der Waals surface area contributed by atoms with Crippen LogP contribution in [0.15, 0.2) is 22.8 Å². The number of furan rings is 1. The Balaban J connectivity index is 0.000000758. The molecule has 2 heterocycles. The minimum Gasteiger partial charge on any atom is -0.463 e. The zero-order valence-electron chi connectivity index (χ0n) is 16.4. The summed E-state index contributed by atoms with van der Waals surface area (Å²) in [7, 11) is 5.03. The van der Waals surface area contributed by atoms with E-state index in [0.29, 0.717) is 11.1 Å². The second-order valence-corrected chi connectivity index (χ2v) is 7.93. The van der Waals surface area contributed by atoms with Crippen LogP contribution in [0.5, 0.6) is 0 Å². The predicted octanol–water partition coefficient (Wildman–Crippen LogP) is 2.66. The number of anilines is 1. The Morgan fingerprint density at radius 3 is 2.15 bits per heavy atom. The van der Waals surface area contributed by atoms with Gasteiger partial charge in [-0.1, -0.05) is 12.8 Å². The summed E-state index contributed by atoms with van der Waals surface area (Å²) >= 11 is 4.40. The average Bonchev–Trinajstić information content (AvgIpc) is 3.04. The third-order valence-corrected chi connectivity index (χ3v) is 4.95. The summed E-state index contributed by atoms with van der Waals surface area (Å²) in [5.41, 5.74) is 1.88. The van der Waals surface area contributed by atoms with Crippen molar-refractivity contribution < 1.29 is 18.5 Å². The van der Waals surface area contributed by atoms with Crippen LogP contribution >= 0.6 is 12.8 Å². The molecule has 2 aromatic rings. The van der Waals surface area contributed by atoms with E-state index < -0.39 is 18.3 Å². The van der Waals surface area contributed by atoms with Gasteiger partial charge in [0.2, 0.25) is 0 Å². The number of fused-ring (bicyclic) bond motifs is 1. The van der Waals surface area contributed by atoms with Crippen LogP contribution in [0.3, 0.4) is 0 Å². The molecule has 1 aromatic heterocycles. The lowest BCUT2D eigenvalue weighted by molar-refractivity contribution is 0.00578. The molecule has 1 N–H and O–H groups in total. The van der Waals surface area contributed by atoms with Gasteiger partial charge in [-0.25, -0.2) is 0 Å². The molecule has 0 bridgehead atoms. The van der Waals surface area contributed by atoms with Crippen molar-refractivity contribution in [1.82, 2.24) is 5.32 Å². The van der Waals surface area contributed by atoms with E-state index >= 15 is 0 Å². The number of hydrogen-bond acceptors (Lipinski definition) is 7. The minimum absolute atomic E-state index is 0.442. The van der Waals surface area contributed by atoms with Gasteiger partial charge in [-0.2, -0.15) is 0 Å². The second kappa shape index (κ2) is 7.64. The Hall–Kier alpha value is -1.48. The normalized spacial score (nSPS) is 17.8. The summed E-state index contributed by atoms with van der Waals surface area (Å²) < 4.78 is 19.4. The summed E-state index contributed by atoms with van der Waals surface area (Å²) in [6, 6.07) is 3.72. The van der Waals surface area contributed by atoms with Gasteiger partial charge in [-0.3, -0.25) is 4.79 Å². The second-order valence-electron chi connectivity index (χ2n) is 7.33. The number of carbonyl (C=O) groups is 1. The molecule has 0 spiro atoms. The van der Waals surface area contributed by atoms with Crippen molar-refractivity contribution in [3.8, 4) is 0 Å². The molecule has 0 atom stereocenters. The molecule has 0 saturated carbocycles. The fourth-order valence-corrected chi connectivity index (χ4v) is 2.80. The maximum atomic E-state index is 11.2. The van der Waals surface area contributed by atoms with E-state index in [4.69, 9.17) is 13.7 Å². The first-order chi connectivity index (χ1) is 12.1. The fourth-order valence-electron chi connectivity index (χ4n) is 2.63. The van der Waals surface area contributed by atoms with Crippen LogP contribution in [0.25, 0.3) is 11.0 Å². The van der Waals surface area contributed by atoms with Gasteiger partial charge in [0.25, 0.3) is 0 Å². The highest BCUT2D eigenvalue weighted by molar-refractivity contribution is 7.81. The molecule has 142 valence electrons. The molecule has 3 rings (SSSR count). The molecule has 6 nitrogen and oxygen atoms in total. The van der Waals surface area contributed by atoms with Gasteiger partial charge >= 0.3 is 7.12 Å². The monoisotopic (exact) mass is 378 g/mol. The van der Waals surface area contributed by atoms with Crippen LogP contribution in [0.1, 0.15) is 38.1 Å². The molecule has 1 aliphatic heterocycles. The molecule has 8 heteroatoms. The third kappa shape index (κ3) is 3.78. The summed E-state index contributed by atoms with van der Waals surface area (Å²) in [5, 5.41) is 3.49. The van der Waals surface area contributed by atoms with Crippen LogP contribution in [0, 0.1) is 0 Å². The molecular formula is C18H27BN2O4S. The van der Waals surface area contributed by atoms with Crippen molar-refractivity contribution in [2.24, 2.45) is 0 Å². The maximum absolute atomic E-state index is 11.2. The molecule has 0 radical (unpaired) electrons. The van der Waals surface area contributed by atoms with E-state index in [0.717, 1.165) is 22.8 Å². The third-order valence-electron chi connectivity index (χ3n) is 4.74. The molecule has 1 aromatic carbocycles.